The Morgan fingerprint density at radius 1 is 1.24 bits per heavy atom. The van der Waals surface area contributed by atoms with E-state index in [2.05, 4.69) is 38.5 Å². The van der Waals surface area contributed by atoms with Crippen molar-refractivity contribution in [1.29, 1.82) is 0 Å². The second-order valence-corrected chi connectivity index (χ2v) is 7.92. The van der Waals surface area contributed by atoms with Crippen LogP contribution in [0.3, 0.4) is 0 Å². The minimum absolute atomic E-state index is 0.203. The predicted molar refractivity (Wildman–Crippen MR) is 115 cm³/mol. The second-order valence-electron chi connectivity index (χ2n) is 6.97. The molecule has 4 rings (SSSR count). The van der Waals surface area contributed by atoms with E-state index in [9.17, 15) is 0 Å². The Balaban J connectivity index is 1.40. The van der Waals surface area contributed by atoms with Crippen molar-refractivity contribution in [3.63, 3.8) is 0 Å². The van der Waals surface area contributed by atoms with Gasteiger partial charge in [0.25, 0.3) is 0 Å². The Morgan fingerprint density at radius 2 is 2.14 bits per heavy atom. The van der Waals surface area contributed by atoms with E-state index in [0.29, 0.717) is 12.4 Å². The van der Waals surface area contributed by atoms with E-state index >= 15 is 0 Å². The van der Waals surface area contributed by atoms with Gasteiger partial charge in [0.1, 0.15) is 17.7 Å². The number of nitrogens with one attached hydrogen (secondary N) is 2. The number of furan rings is 1. The molecular weight excluding hydrogens is 386 g/mol. The van der Waals surface area contributed by atoms with Gasteiger partial charge >= 0.3 is 0 Å². The largest absolute Gasteiger partial charge is 0.468 e. The lowest BCUT2D eigenvalue weighted by Gasteiger charge is -2.26. The van der Waals surface area contributed by atoms with Crippen LogP contribution in [0.5, 0.6) is 0 Å². The van der Waals surface area contributed by atoms with Gasteiger partial charge in [-0.15, -0.1) is 11.3 Å². The Morgan fingerprint density at radius 3 is 2.86 bits per heavy atom. The van der Waals surface area contributed by atoms with Crippen molar-refractivity contribution in [1.82, 2.24) is 20.5 Å². The molecule has 1 atom stereocenters. The molecule has 154 valence electrons. The molecule has 0 saturated carbocycles. The highest BCUT2D eigenvalue weighted by Crippen LogP contribution is 2.25. The lowest BCUT2D eigenvalue weighted by molar-refractivity contribution is 0.215. The lowest BCUT2D eigenvalue weighted by atomic mass is 10.2. The molecule has 1 fully saturated rings. The van der Waals surface area contributed by atoms with Gasteiger partial charge in [-0.1, -0.05) is 6.07 Å². The summed E-state index contributed by atoms with van der Waals surface area (Å²) in [5.74, 6) is 2.41. The maximum atomic E-state index is 5.70. The van der Waals surface area contributed by atoms with Crippen LogP contribution >= 0.6 is 11.3 Å². The van der Waals surface area contributed by atoms with Crippen LogP contribution in [-0.4, -0.2) is 42.0 Å². The number of aromatic nitrogens is 1. The molecule has 1 saturated heterocycles. The molecule has 0 amide bonds. The summed E-state index contributed by atoms with van der Waals surface area (Å²) < 4.78 is 11.3. The fourth-order valence-electron chi connectivity index (χ4n) is 3.53. The van der Waals surface area contributed by atoms with E-state index in [1.54, 1.807) is 23.9 Å². The minimum Gasteiger partial charge on any atom is -0.468 e. The van der Waals surface area contributed by atoms with Crippen molar-refractivity contribution >= 4 is 17.3 Å². The standard InChI is InChI=1S/C21H27N5O2S/c1-2-22-21(23-13-16-15-28-20(25-16)19-8-6-12-29-19)24-14-17(18-7-5-11-27-18)26-9-3-4-10-26/h5-8,11-12,15,17H,2-4,9-10,13-14H2,1H3,(H2,22,23,24). The van der Waals surface area contributed by atoms with Crippen LogP contribution in [-0.2, 0) is 6.54 Å². The molecule has 7 nitrogen and oxygen atoms in total. The van der Waals surface area contributed by atoms with Crippen molar-refractivity contribution in [3.05, 3.63) is 53.6 Å². The summed E-state index contributed by atoms with van der Waals surface area (Å²) in [6, 6.07) is 8.20. The first-order valence-corrected chi connectivity index (χ1v) is 11.0. The monoisotopic (exact) mass is 413 g/mol. The van der Waals surface area contributed by atoms with E-state index < -0.39 is 0 Å². The topological polar surface area (TPSA) is 78.8 Å². The second kappa shape index (κ2) is 9.76. The van der Waals surface area contributed by atoms with Gasteiger partial charge in [0.15, 0.2) is 5.96 Å². The molecule has 3 aromatic heterocycles. The lowest BCUT2D eigenvalue weighted by Crippen LogP contribution is -2.42. The number of guanidine groups is 1. The van der Waals surface area contributed by atoms with Crippen LogP contribution < -0.4 is 10.6 Å². The molecule has 0 bridgehead atoms. The molecule has 0 spiro atoms. The zero-order chi connectivity index (χ0) is 19.9. The van der Waals surface area contributed by atoms with Crippen LogP contribution in [0, 0.1) is 0 Å². The number of aliphatic imine (C=N–C) groups is 1. The van der Waals surface area contributed by atoms with Crippen LogP contribution in [0.4, 0.5) is 0 Å². The van der Waals surface area contributed by atoms with E-state index in [1.807, 2.05) is 23.6 Å². The summed E-state index contributed by atoms with van der Waals surface area (Å²) in [6.45, 7) is 6.25. The van der Waals surface area contributed by atoms with Gasteiger partial charge in [-0.05, 0) is 56.4 Å². The van der Waals surface area contributed by atoms with Crippen LogP contribution in [0.2, 0.25) is 0 Å². The van der Waals surface area contributed by atoms with E-state index in [-0.39, 0.29) is 6.04 Å². The van der Waals surface area contributed by atoms with Crippen molar-refractivity contribution in [3.8, 4) is 10.8 Å². The first-order chi connectivity index (χ1) is 14.3. The highest BCUT2D eigenvalue weighted by molar-refractivity contribution is 7.13. The molecule has 29 heavy (non-hydrogen) atoms. The molecule has 8 heteroatoms. The summed E-state index contributed by atoms with van der Waals surface area (Å²) in [7, 11) is 0. The average Bonchev–Trinajstić information content (AvgIpc) is 3.54. The summed E-state index contributed by atoms with van der Waals surface area (Å²) in [6.07, 6.45) is 5.90. The molecule has 1 aliphatic heterocycles. The minimum atomic E-state index is 0.203. The maximum Gasteiger partial charge on any atom is 0.236 e. The molecule has 3 aromatic rings. The van der Waals surface area contributed by atoms with Gasteiger partial charge in [0.2, 0.25) is 5.89 Å². The number of likely N-dealkylation sites (tertiary alicyclic amines) is 1. The summed E-state index contributed by atoms with van der Waals surface area (Å²) in [5.41, 5.74) is 0.813. The molecular formula is C21H27N5O2S. The Labute approximate surface area is 174 Å². The Bertz CT molecular complexity index is 882. The Hall–Kier alpha value is -2.58. The highest BCUT2D eigenvalue weighted by atomic mass is 32.1. The summed E-state index contributed by atoms with van der Waals surface area (Å²) >= 11 is 1.61. The quantitative estimate of drug-likeness (QED) is 0.431. The van der Waals surface area contributed by atoms with Crippen LogP contribution in [0.25, 0.3) is 10.8 Å². The van der Waals surface area contributed by atoms with E-state index in [0.717, 1.165) is 48.5 Å². The predicted octanol–water partition coefficient (Wildman–Crippen LogP) is 3.89. The molecule has 4 heterocycles. The van der Waals surface area contributed by atoms with Crippen LogP contribution in [0.15, 0.2) is 56.0 Å². The van der Waals surface area contributed by atoms with Gasteiger partial charge in [-0.25, -0.2) is 9.98 Å². The molecule has 1 unspecified atom stereocenters. The number of hydrogen-bond acceptors (Lipinski definition) is 6. The van der Waals surface area contributed by atoms with E-state index in [1.165, 1.54) is 12.8 Å². The normalized spacial score (nSPS) is 16.2. The summed E-state index contributed by atoms with van der Waals surface area (Å²) in [4.78, 5) is 12.7. The number of nitrogens with zero attached hydrogens (tertiary/aromatic N) is 3. The van der Waals surface area contributed by atoms with Gasteiger partial charge in [0, 0.05) is 13.1 Å². The van der Waals surface area contributed by atoms with Gasteiger partial charge in [0.05, 0.1) is 23.7 Å². The number of oxazole rings is 1. The summed E-state index contributed by atoms with van der Waals surface area (Å²) in [5, 5.41) is 8.80. The number of hydrogen-bond donors (Lipinski definition) is 2. The zero-order valence-electron chi connectivity index (χ0n) is 16.6. The van der Waals surface area contributed by atoms with Crippen molar-refractivity contribution in [2.75, 3.05) is 26.2 Å². The SMILES string of the molecule is CCNC(=NCc1coc(-c2cccs2)n1)NCC(c1ccco1)N1CCCC1. The van der Waals surface area contributed by atoms with Crippen molar-refractivity contribution in [2.24, 2.45) is 4.99 Å². The fraction of sp³-hybridized carbons (Fsp3) is 0.429. The van der Waals surface area contributed by atoms with Gasteiger partial charge < -0.3 is 19.5 Å². The molecule has 0 aliphatic carbocycles. The first-order valence-electron chi connectivity index (χ1n) is 10.1. The molecule has 0 radical (unpaired) electrons. The molecule has 1 aliphatic rings. The maximum absolute atomic E-state index is 5.70. The third-order valence-electron chi connectivity index (χ3n) is 4.94. The average molecular weight is 414 g/mol. The van der Waals surface area contributed by atoms with Gasteiger partial charge in [-0.2, -0.15) is 0 Å². The zero-order valence-corrected chi connectivity index (χ0v) is 17.5. The smallest absolute Gasteiger partial charge is 0.236 e. The van der Waals surface area contributed by atoms with Crippen molar-refractivity contribution < 1.29 is 8.83 Å². The van der Waals surface area contributed by atoms with Gasteiger partial charge in [-0.3, -0.25) is 4.90 Å². The fourth-order valence-corrected chi connectivity index (χ4v) is 4.19. The first kappa shape index (κ1) is 19.7. The third-order valence-corrected chi connectivity index (χ3v) is 5.80. The van der Waals surface area contributed by atoms with Crippen LogP contribution in [0.1, 0.15) is 37.3 Å². The van der Waals surface area contributed by atoms with Crippen molar-refractivity contribution in [2.45, 2.75) is 32.4 Å². The Kier molecular flexibility index (Phi) is 6.63. The van der Waals surface area contributed by atoms with E-state index in [4.69, 9.17) is 8.83 Å². The molecule has 2 N–H and O–H groups in total. The number of thiophene rings is 1. The third kappa shape index (κ3) is 5.07. The number of rotatable bonds is 8. The highest BCUT2D eigenvalue weighted by Gasteiger charge is 2.25. The molecule has 0 aromatic carbocycles.